The van der Waals surface area contributed by atoms with Crippen LogP contribution < -0.4 is 5.56 Å². The molecule has 0 N–H and O–H groups in total. The number of nitrogens with zero attached hydrogens (tertiary/aromatic N) is 4. The molecule has 0 aliphatic rings. The lowest BCUT2D eigenvalue weighted by Gasteiger charge is -2.11. The molecule has 0 aliphatic heterocycles. The molecular formula is C37H25BrN4O2. The van der Waals surface area contributed by atoms with Gasteiger partial charge in [-0.25, -0.2) is 4.98 Å². The third-order valence-corrected chi connectivity index (χ3v) is 8.74. The number of halogens is 1. The first-order valence-electron chi connectivity index (χ1n) is 14.4. The quantitative estimate of drug-likeness (QED) is 0.177. The molecule has 44 heavy (non-hydrogen) atoms. The molecule has 5 aromatic carbocycles. The van der Waals surface area contributed by atoms with Crippen molar-refractivity contribution in [2.24, 2.45) is 5.10 Å². The first-order chi connectivity index (χ1) is 21.5. The first-order valence-corrected chi connectivity index (χ1v) is 15.1. The Balaban J connectivity index is 1.30. The van der Waals surface area contributed by atoms with Crippen LogP contribution in [0.1, 0.15) is 16.8 Å². The monoisotopic (exact) mass is 636 g/mol. The number of hydrogen-bond acceptors (Lipinski definition) is 4. The molecule has 0 bridgehead atoms. The lowest BCUT2D eigenvalue weighted by molar-refractivity contribution is 0.616. The van der Waals surface area contributed by atoms with Crippen molar-refractivity contribution in [3.05, 3.63) is 147 Å². The van der Waals surface area contributed by atoms with Gasteiger partial charge in [0.05, 0.1) is 17.1 Å². The highest BCUT2D eigenvalue weighted by molar-refractivity contribution is 9.10. The van der Waals surface area contributed by atoms with Crippen molar-refractivity contribution in [3.8, 4) is 11.6 Å². The Bertz CT molecular complexity index is 2480. The average molecular weight is 638 g/mol. The van der Waals surface area contributed by atoms with Crippen molar-refractivity contribution in [1.29, 1.82) is 0 Å². The maximum Gasteiger partial charge on any atom is 0.282 e. The lowest BCUT2D eigenvalue weighted by Crippen LogP contribution is -2.20. The molecule has 0 fully saturated rings. The van der Waals surface area contributed by atoms with Gasteiger partial charge in [-0.3, -0.25) is 4.79 Å². The van der Waals surface area contributed by atoms with Crippen LogP contribution in [0.25, 0.3) is 55.1 Å². The Labute approximate surface area is 260 Å². The molecule has 0 saturated heterocycles. The zero-order valence-electron chi connectivity index (χ0n) is 23.7. The van der Waals surface area contributed by atoms with Crippen LogP contribution in [0.3, 0.4) is 0 Å². The van der Waals surface area contributed by atoms with E-state index in [0.717, 1.165) is 32.0 Å². The normalized spacial score (nSPS) is 12.0. The highest BCUT2D eigenvalue weighted by Gasteiger charge is 2.18. The van der Waals surface area contributed by atoms with E-state index in [1.807, 2.05) is 48.5 Å². The number of aromatic nitrogens is 3. The fourth-order valence-corrected chi connectivity index (χ4v) is 6.43. The highest BCUT2D eigenvalue weighted by Crippen LogP contribution is 2.30. The van der Waals surface area contributed by atoms with Crippen molar-refractivity contribution >= 4 is 65.7 Å². The number of hydrogen-bond donors (Lipinski definition) is 0. The number of fused-ring (bicyclic) bond motifs is 4. The Kier molecular flexibility index (Phi) is 6.27. The smallest absolute Gasteiger partial charge is 0.282 e. The maximum absolute atomic E-state index is 13.9. The summed E-state index contributed by atoms with van der Waals surface area (Å²) in [4.78, 5) is 18.7. The summed E-state index contributed by atoms with van der Waals surface area (Å²) >= 11 is 3.53. The Morgan fingerprint density at radius 3 is 2.45 bits per heavy atom. The number of para-hydroxylation sites is 2. The topological polar surface area (TPSA) is 65.3 Å². The van der Waals surface area contributed by atoms with Gasteiger partial charge < -0.3 is 8.98 Å². The maximum atomic E-state index is 13.9. The van der Waals surface area contributed by atoms with Crippen LogP contribution >= 0.6 is 15.9 Å². The van der Waals surface area contributed by atoms with E-state index in [1.165, 1.54) is 21.0 Å². The number of furan rings is 1. The second kappa shape index (κ2) is 10.5. The largest absolute Gasteiger partial charge is 0.453 e. The Morgan fingerprint density at radius 2 is 1.57 bits per heavy atom. The number of rotatable bonds is 5. The second-order valence-corrected chi connectivity index (χ2v) is 11.8. The van der Waals surface area contributed by atoms with E-state index in [9.17, 15) is 4.79 Å². The average Bonchev–Trinajstić information content (AvgIpc) is 3.58. The van der Waals surface area contributed by atoms with E-state index >= 15 is 0 Å². The minimum absolute atomic E-state index is 0.263. The molecular weight excluding hydrogens is 612 g/mol. The van der Waals surface area contributed by atoms with Gasteiger partial charge in [0.1, 0.15) is 5.58 Å². The van der Waals surface area contributed by atoms with Crippen LogP contribution in [0.4, 0.5) is 0 Å². The van der Waals surface area contributed by atoms with Crippen molar-refractivity contribution in [1.82, 2.24) is 14.2 Å². The summed E-state index contributed by atoms with van der Waals surface area (Å²) in [5.74, 6) is 0.808. The molecule has 0 saturated carbocycles. The molecule has 0 amide bonds. The van der Waals surface area contributed by atoms with Gasteiger partial charge in [0, 0.05) is 38.6 Å². The van der Waals surface area contributed by atoms with Gasteiger partial charge in [-0.1, -0.05) is 88.7 Å². The van der Waals surface area contributed by atoms with Gasteiger partial charge in [0.2, 0.25) is 5.82 Å². The van der Waals surface area contributed by atoms with Crippen molar-refractivity contribution in [2.75, 3.05) is 0 Å². The van der Waals surface area contributed by atoms with Crippen molar-refractivity contribution in [3.63, 3.8) is 0 Å². The van der Waals surface area contributed by atoms with Gasteiger partial charge in [0.25, 0.3) is 5.56 Å². The van der Waals surface area contributed by atoms with Crippen LogP contribution in [0.15, 0.2) is 134 Å². The summed E-state index contributed by atoms with van der Waals surface area (Å²) in [6.07, 6.45) is 1.78. The van der Waals surface area contributed by atoms with Gasteiger partial charge in [-0.2, -0.15) is 9.78 Å². The summed E-state index contributed by atoms with van der Waals surface area (Å²) in [7, 11) is 0. The number of benzene rings is 5. The van der Waals surface area contributed by atoms with Gasteiger partial charge in [-0.15, -0.1) is 0 Å². The van der Waals surface area contributed by atoms with Gasteiger partial charge in [0.15, 0.2) is 5.76 Å². The van der Waals surface area contributed by atoms with Crippen LogP contribution in [0.5, 0.6) is 0 Å². The summed E-state index contributed by atoms with van der Waals surface area (Å²) in [6, 6.07) is 38.2. The van der Waals surface area contributed by atoms with Gasteiger partial charge in [-0.05, 0) is 65.7 Å². The molecule has 0 spiro atoms. The molecule has 0 radical (unpaired) electrons. The zero-order valence-corrected chi connectivity index (χ0v) is 25.3. The van der Waals surface area contributed by atoms with E-state index in [1.54, 1.807) is 12.3 Å². The minimum Gasteiger partial charge on any atom is -0.453 e. The van der Waals surface area contributed by atoms with Crippen molar-refractivity contribution in [2.45, 2.75) is 13.5 Å². The summed E-state index contributed by atoms with van der Waals surface area (Å²) in [5.41, 5.74) is 5.37. The fourth-order valence-electron chi connectivity index (χ4n) is 6.06. The molecule has 3 heterocycles. The van der Waals surface area contributed by atoms with Crippen LogP contribution in [-0.4, -0.2) is 20.4 Å². The summed E-state index contributed by atoms with van der Waals surface area (Å²) < 4.78 is 10.8. The van der Waals surface area contributed by atoms with E-state index in [0.29, 0.717) is 34.6 Å². The molecule has 3 aromatic heterocycles. The first kappa shape index (κ1) is 26.4. The van der Waals surface area contributed by atoms with Crippen molar-refractivity contribution < 1.29 is 4.42 Å². The molecule has 6 nitrogen and oxygen atoms in total. The van der Waals surface area contributed by atoms with E-state index < -0.39 is 0 Å². The third-order valence-electron chi connectivity index (χ3n) is 8.24. The molecule has 0 unspecified atom stereocenters. The van der Waals surface area contributed by atoms with Crippen LogP contribution in [0, 0.1) is 6.92 Å². The molecule has 7 heteroatoms. The molecule has 8 aromatic rings. The Morgan fingerprint density at radius 1 is 0.818 bits per heavy atom. The molecule has 0 atom stereocenters. The predicted molar refractivity (Wildman–Crippen MR) is 182 cm³/mol. The Hall–Kier alpha value is -5.27. The van der Waals surface area contributed by atoms with Crippen LogP contribution in [0.2, 0.25) is 0 Å². The van der Waals surface area contributed by atoms with Gasteiger partial charge >= 0.3 is 0 Å². The third kappa shape index (κ3) is 4.36. The van der Waals surface area contributed by atoms with E-state index in [4.69, 9.17) is 14.5 Å². The predicted octanol–water partition coefficient (Wildman–Crippen LogP) is 8.92. The summed E-state index contributed by atoms with van der Waals surface area (Å²) in [6.45, 7) is 2.81. The van der Waals surface area contributed by atoms with E-state index in [-0.39, 0.29) is 5.56 Å². The zero-order chi connectivity index (χ0) is 29.8. The minimum atomic E-state index is -0.263. The molecule has 8 rings (SSSR count). The molecule has 212 valence electrons. The lowest BCUT2D eigenvalue weighted by atomic mass is 10.0. The SMILES string of the molecule is Cc1c(C=Nn2c(-c3cc4cc(Br)ccc4o3)nc3ccccc3c2=O)c2ccccc2n1Cc1cccc2ccccc12. The van der Waals surface area contributed by atoms with Crippen LogP contribution in [-0.2, 0) is 6.54 Å². The molecule has 0 aliphatic carbocycles. The fraction of sp³-hybridized carbons (Fsp3) is 0.0541. The summed E-state index contributed by atoms with van der Waals surface area (Å²) in [5, 5.41) is 9.71. The highest BCUT2D eigenvalue weighted by atomic mass is 79.9. The van der Waals surface area contributed by atoms with E-state index in [2.05, 4.69) is 88.1 Å². The standard InChI is InChI=1S/C37H25BrN4O2/c1-23-31(29-13-5-7-16-33(29)41(23)22-25-11-8-10-24-9-2-3-12-28(24)25)21-39-42-36(40-32-15-6-4-14-30(32)37(42)43)35-20-26-19-27(38)17-18-34(26)44-35/h2-21H,22H2,1H3. The second-order valence-electron chi connectivity index (χ2n) is 10.8.